The lowest BCUT2D eigenvalue weighted by Gasteiger charge is -2.06. The van der Waals surface area contributed by atoms with Crippen molar-refractivity contribution in [2.75, 3.05) is 6.54 Å². The van der Waals surface area contributed by atoms with Gasteiger partial charge in [0.1, 0.15) is 0 Å². The quantitative estimate of drug-likeness (QED) is 0.737. The molecule has 0 bridgehead atoms. The smallest absolute Gasteiger partial charge is 0.251 e. The molecule has 1 aromatic heterocycles. The fourth-order valence-corrected chi connectivity index (χ4v) is 1.66. The van der Waals surface area contributed by atoms with Crippen molar-refractivity contribution in [1.82, 2.24) is 10.3 Å². The average Bonchev–Trinajstić information content (AvgIpc) is 2.34. The normalized spacial score (nSPS) is 10.5. The van der Waals surface area contributed by atoms with Crippen molar-refractivity contribution < 1.29 is 4.79 Å². The predicted octanol–water partition coefficient (Wildman–Crippen LogP) is 3.03. The van der Waals surface area contributed by atoms with Crippen LogP contribution in [0.4, 0.5) is 0 Å². The van der Waals surface area contributed by atoms with Gasteiger partial charge in [-0.05, 0) is 24.5 Å². The van der Waals surface area contributed by atoms with Crippen LogP contribution in [0.5, 0.6) is 0 Å². The van der Waals surface area contributed by atoms with Gasteiger partial charge in [-0.3, -0.25) is 9.78 Å². The van der Waals surface area contributed by atoms with E-state index < -0.39 is 0 Å². The SMILES string of the molecule is CC(C)CCCCCNC(=O)c1ccncc1. The molecule has 1 aromatic rings. The molecule has 0 saturated carbocycles. The Morgan fingerprint density at radius 2 is 1.94 bits per heavy atom. The number of pyridine rings is 1. The molecule has 0 radical (unpaired) electrons. The highest BCUT2D eigenvalue weighted by Gasteiger charge is 2.02. The first-order chi connectivity index (χ1) is 8.20. The van der Waals surface area contributed by atoms with Crippen LogP contribution in [0.25, 0.3) is 0 Å². The first-order valence-electron chi connectivity index (χ1n) is 6.38. The van der Waals surface area contributed by atoms with Crippen LogP contribution in [0.1, 0.15) is 49.9 Å². The van der Waals surface area contributed by atoms with E-state index in [9.17, 15) is 4.79 Å². The van der Waals surface area contributed by atoms with E-state index in [1.807, 2.05) is 0 Å². The van der Waals surface area contributed by atoms with E-state index in [-0.39, 0.29) is 5.91 Å². The summed E-state index contributed by atoms with van der Waals surface area (Å²) in [5, 5.41) is 2.92. The molecule has 17 heavy (non-hydrogen) atoms. The molecule has 1 rings (SSSR count). The zero-order chi connectivity index (χ0) is 12.5. The highest BCUT2D eigenvalue weighted by Crippen LogP contribution is 2.07. The summed E-state index contributed by atoms with van der Waals surface area (Å²) in [5.74, 6) is 0.776. The number of unbranched alkanes of at least 4 members (excludes halogenated alkanes) is 2. The Balaban J connectivity index is 2.09. The lowest BCUT2D eigenvalue weighted by atomic mass is 10.1. The lowest BCUT2D eigenvalue weighted by molar-refractivity contribution is 0.0953. The number of hydrogen-bond acceptors (Lipinski definition) is 2. The highest BCUT2D eigenvalue weighted by atomic mass is 16.1. The first kappa shape index (κ1) is 13.7. The Morgan fingerprint density at radius 1 is 1.24 bits per heavy atom. The Kier molecular flexibility index (Phi) is 6.30. The van der Waals surface area contributed by atoms with E-state index in [4.69, 9.17) is 0 Å². The van der Waals surface area contributed by atoms with Crippen LogP contribution < -0.4 is 5.32 Å². The molecule has 0 spiro atoms. The van der Waals surface area contributed by atoms with Gasteiger partial charge in [0.05, 0.1) is 0 Å². The molecule has 3 nitrogen and oxygen atoms in total. The van der Waals surface area contributed by atoms with E-state index in [0.29, 0.717) is 5.56 Å². The van der Waals surface area contributed by atoms with Crippen LogP contribution in [0, 0.1) is 5.92 Å². The summed E-state index contributed by atoms with van der Waals surface area (Å²) in [6.07, 6.45) is 8.05. The third-order valence-electron chi connectivity index (χ3n) is 2.69. The molecular formula is C14H22N2O. The van der Waals surface area contributed by atoms with Crippen molar-refractivity contribution in [2.45, 2.75) is 39.5 Å². The molecule has 0 aliphatic rings. The fourth-order valence-electron chi connectivity index (χ4n) is 1.66. The summed E-state index contributed by atoms with van der Waals surface area (Å²) in [7, 11) is 0. The van der Waals surface area contributed by atoms with Gasteiger partial charge in [-0.25, -0.2) is 0 Å². The number of hydrogen-bond donors (Lipinski definition) is 1. The number of carbonyl (C=O) groups is 1. The van der Waals surface area contributed by atoms with Gasteiger partial charge < -0.3 is 5.32 Å². The average molecular weight is 234 g/mol. The van der Waals surface area contributed by atoms with Crippen LogP contribution >= 0.6 is 0 Å². The molecule has 0 unspecified atom stereocenters. The Hall–Kier alpha value is -1.38. The number of amides is 1. The summed E-state index contributed by atoms with van der Waals surface area (Å²) in [6.45, 7) is 5.25. The van der Waals surface area contributed by atoms with Gasteiger partial charge in [0.2, 0.25) is 0 Å². The molecule has 0 saturated heterocycles. The van der Waals surface area contributed by atoms with Gasteiger partial charge in [-0.15, -0.1) is 0 Å². The molecule has 0 fully saturated rings. The van der Waals surface area contributed by atoms with Gasteiger partial charge in [0, 0.05) is 24.5 Å². The third-order valence-corrected chi connectivity index (χ3v) is 2.69. The van der Waals surface area contributed by atoms with Crippen LogP contribution in [-0.4, -0.2) is 17.4 Å². The number of nitrogens with zero attached hydrogens (tertiary/aromatic N) is 1. The summed E-state index contributed by atoms with van der Waals surface area (Å²) >= 11 is 0. The molecule has 94 valence electrons. The van der Waals surface area contributed by atoms with Crippen molar-refractivity contribution in [3.05, 3.63) is 30.1 Å². The number of aromatic nitrogens is 1. The van der Waals surface area contributed by atoms with E-state index in [1.54, 1.807) is 24.5 Å². The molecule has 3 heteroatoms. The monoisotopic (exact) mass is 234 g/mol. The fraction of sp³-hybridized carbons (Fsp3) is 0.571. The third kappa shape index (κ3) is 6.05. The van der Waals surface area contributed by atoms with E-state index in [0.717, 1.165) is 18.9 Å². The van der Waals surface area contributed by atoms with Crippen molar-refractivity contribution in [3.63, 3.8) is 0 Å². The van der Waals surface area contributed by atoms with Crippen molar-refractivity contribution >= 4 is 5.91 Å². The van der Waals surface area contributed by atoms with Crippen LogP contribution in [0.15, 0.2) is 24.5 Å². The van der Waals surface area contributed by atoms with E-state index >= 15 is 0 Å². The molecule has 0 aliphatic carbocycles. The second kappa shape index (κ2) is 7.82. The van der Waals surface area contributed by atoms with Gasteiger partial charge in [-0.2, -0.15) is 0 Å². The van der Waals surface area contributed by atoms with Crippen LogP contribution in [-0.2, 0) is 0 Å². The minimum atomic E-state index is -0.00346. The maximum atomic E-state index is 11.6. The predicted molar refractivity (Wildman–Crippen MR) is 69.9 cm³/mol. The van der Waals surface area contributed by atoms with Gasteiger partial charge in [-0.1, -0.05) is 33.1 Å². The molecule has 0 aliphatic heterocycles. The summed E-state index contributed by atoms with van der Waals surface area (Å²) in [5.41, 5.74) is 0.683. The lowest BCUT2D eigenvalue weighted by Crippen LogP contribution is -2.24. The molecule has 1 amide bonds. The minimum absolute atomic E-state index is 0.00346. The Labute approximate surface area is 104 Å². The zero-order valence-corrected chi connectivity index (χ0v) is 10.8. The zero-order valence-electron chi connectivity index (χ0n) is 10.8. The van der Waals surface area contributed by atoms with Crippen LogP contribution in [0.2, 0.25) is 0 Å². The Morgan fingerprint density at radius 3 is 2.59 bits per heavy atom. The second-order valence-corrected chi connectivity index (χ2v) is 4.73. The van der Waals surface area contributed by atoms with Crippen molar-refractivity contribution in [3.8, 4) is 0 Å². The summed E-state index contributed by atoms with van der Waals surface area (Å²) < 4.78 is 0. The molecular weight excluding hydrogens is 212 g/mol. The van der Waals surface area contributed by atoms with Crippen LogP contribution in [0.3, 0.4) is 0 Å². The molecule has 1 heterocycles. The minimum Gasteiger partial charge on any atom is -0.352 e. The molecule has 0 atom stereocenters. The summed E-state index contributed by atoms with van der Waals surface area (Å²) in [4.78, 5) is 15.5. The summed E-state index contributed by atoms with van der Waals surface area (Å²) in [6, 6.07) is 3.46. The number of carbonyl (C=O) groups excluding carboxylic acids is 1. The van der Waals surface area contributed by atoms with Gasteiger partial charge in [0.25, 0.3) is 5.91 Å². The van der Waals surface area contributed by atoms with E-state index in [2.05, 4.69) is 24.1 Å². The largest absolute Gasteiger partial charge is 0.352 e. The standard InChI is InChI=1S/C14H22N2O/c1-12(2)6-4-3-5-9-16-14(17)13-7-10-15-11-8-13/h7-8,10-12H,3-6,9H2,1-2H3,(H,16,17). The number of nitrogens with one attached hydrogen (secondary N) is 1. The second-order valence-electron chi connectivity index (χ2n) is 4.73. The highest BCUT2D eigenvalue weighted by molar-refractivity contribution is 5.93. The van der Waals surface area contributed by atoms with Gasteiger partial charge >= 0.3 is 0 Å². The Bertz CT molecular complexity index is 322. The molecule has 1 N–H and O–H groups in total. The molecule has 0 aromatic carbocycles. The van der Waals surface area contributed by atoms with E-state index in [1.165, 1.54) is 19.3 Å². The maximum Gasteiger partial charge on any atom is 0.251 e. The maximum absolute atomic E-state index is 11.6. The topological polar surface area (TPSA) is 42.0 Å². The van der Waals surface area contributed by atoms with Gasteiger partial charge in [0.15, 0.2) is 0 Å². The van der Waals surface area contributed by atoms with Crippen molar-refractivity contribution in [2.24, 2.45) is 5.92 Å². The van der Waals surface area contributed by atoms with Crippen molar-refractivity contribution in [1.29, 1.82) is 0 Å². The first-order valence-corrected chi connectivity index (χ1v) is 6.38. The number of rotatable bonds is 7.